The molecule has 2 N–H and O–H groups in total. The van der Waals surface area contributed by atoms with Gasteiger partial charge in [-0.3, -0.25) is 14.2 Å². The Bertz CT molecular complexity index is 1710. The zero-order chi connectivity index (χ0) is 26.7. The van der Waals surface area contributed by atoms with Gasteiger partial charge in [-0.2, -0.15) is 5.10 Å². The van der Waals surface area contributed by atoms with Gasteiger partial charge in [0.05, 0.1) is 11.0 Å². The highest BCUT2D eigenvalue weighted by molar-refractivity contribution is 5.80. The van der Waals surface area contributed by atoms with E-state index in [-0.39, 0.29) is 11.4 Å². The van der Waals surface area contributed by atoms with E-state index in [1.807, 2.05) is 59.2 Å². The fraction of sp³-hybridized carbons (Fsp3) is 0.364. The SMILES string of the molecule is CC(C1C2CC3CC(C2)CC1C3)n1c(=O)c(=NN)c(=O)n(-c2ccccc2)c2ccccc21.c1cc2cc-2c1. The molecule has 0 amide bonds. The van der Waals surface area contributed by atoms with Gasteiger partial charge in [0.15, 0.2) is 0 Å². The van der Waals surface area contributed by atoms with Crippen molar-refractivity contribution in [2.75, 3.05) is 0 Å². The second-order valence-corrected chi connectivity index (χ2v) is 11.9. The van der Waals surface area contributed by atoms with Gasteiger partial charge in [-0.05, 0) is 110 Å². The van der Waals surface area contributed by atoms with Gasteiger partial charge in [0.25, 0.3) is 11.1 Å². The van der Waals surface area contributed by atoms with Crippen LogP contribution in [0.1, 0.15) is 45.1 Å². The van der Waals surface area contributed by atoms with Crippen LogP contribution in [0.3, 0.4) is 0 Å². The van der Waals surface area contributed by atoms with Gasteiger partial charge in [-0.25, -0.2) is 0 Å². The van der Waals surface area contributed by atoms with Gasteiger partial charge in [0.2, 0.25) is 5.36 Å². The number of benzene rings is 3. The highest BCUT2D eigenvalue weighted by Crippen LogP contribution is 2.59. The largest absolute Gasteiger partial charge is 0.322 e. The minimum absolute atomic E-state index is 0.0334. The first-order valence-electron chi connectivity index (χ1n) is 14.2. The molecular weight excluding hydrogens is 484 g/mol. The summed E-state index contributed by atoms with van der Waals surface area (Å²) in [6.45, 7) is 2.17. The third-order valence-corrected chi connectivity index (χ3v) is 9.73. The Balaban J connectivity index is 0.000000368. The first-order valence-corrected chi connectivity index (χ1v) is 14.2. The summed E-state index contributed by atoms with van der Waals surface area (Å²) in [5.41, 5.74) is 4.10. The van der Waals surface area contributed by atoms with E-state index >= 15 is 0 Å². The van der Waals surface area contributed by atoms with Crippen LogP contribution >= 0.6 is 0 Å². The highest BCUT2D eigenvalue weighted by atomic mass is 16.1. The molecule has 39 heavy (non-hydrogen) atoms. The molecule has 0 spiro atoms. The summed E-state index contributed by atoms with van der Waals surface area (Å²) in [4.78, 5) is 27.5. The number of para-hydroxylation sites is 3. The molecule has 1 aromatic heterocycles. The summed E-state index contributed by atoms with van der Waals surface area (Å²) < 4.78 is 3.40. The van der Waals surface area contributed by atoms with Gasteiger partial charge >= 0.3 is 0 Å². The highest BCUT2D eigenvalue weighted by Gasteiger charge is 2.50. The van der Waals surface area contributed by atoms with Crippen LogP contribution in [-0.4, -0.2) is 9.13 Å². The van der Waals surface area contributed by atoms with Gasteiger partial charge in [-0.15, -0.1) is 0 Å². The molecule has 2 aromatic carbocycles. The van der Waals surface area contributed by atoms with Gasteiger partial charge in [0, 0.05) is 11.7 Å². The van der Waals surface area contributed by atoms with Gasteiger partial charge in [0.1, 0.15) is 0 Å². The second-order valence-electron chi connectivity index (χ2n) is 11.9. The smallest absolute Gasteiger partial charge is 0.289 e. The quantitative estimate of drug-likeness (QED) is 0.262. The molecule has 0 saturated heterocycles. The average molecular weight is 519 g/mol. The van der Waals surface area contributed by atoms with Crippen LogP contribution in [0.4, 0.5) is 0 Å². The van der Waals surface area contributed by atoms with Crippen LogP contribution in [0, 0.1) is 29.6 Å². The predicted molar refractivity (Wildman–Crippen MR) is 154 cm³/mol. The lowest BCUT2D eigenvalue weighted by Gasteiger charge is -2.56. The average Bonchev–Trinajstić information content (AvgIpc) is 3.56. The number of nitrogens with zero attached hydrogens (tertiary/aromatic N) is 3. The third-order valence-electron chi connectivity index (χ3n) is 9.73. The fourth-order valence-corrected chi connectivity index (χ4v) is 8.34. The number of hydrogen-bond acceptors (Lipinski definition) is 4. The number of hydrogen-bond donors (Lipinski definition) is 1. The maximum absolute atomic E-state index is 13.9. The standard InChI is InChI=1S/C27H30N4O2.C6H4/c1-16(24-19-12-17-11-18(14-19)15-20(24)13-17)30-22-9-5-6-10-23(22)31(21-7-3-2-4-8-21)27(33)25(29-28)26(30)32;1-2-5-4-6(5)3-1/h2-10,16-20,24H,11-15,28H2,1H3;1-4H. The van der Waals surface area contributed by atoms with E-state index in [1.165, 1.54) is 43.2 Å². The summed E-state index contributed by atoms with van der Waals surface area (Å²) in [5, 5.41) is 3.51. The van der Waals surface area contributed by atoms with E-state index in [4.69, 9.17) is 5.84 Å². The zero-order valence-corrected chi connectivity index (χ0v) is 22.2. The molecule has 6 nitrogen and oxygen atoms in total. The molecule has 1 atom stereocenters. The lowest BCUT2D eigenvalue weighted by Crippen LogP contribution is -2.51. The van der Waals surface area contributed by atoms with Crippen molar-refractivity contribution >= 4 is 11.0 Å². The molecule has 6 aliphatic carbocycles. The molecule has 1 unspecified atom stereocenters. The van der Waals surface area contributed by atoms with Crippen molar-refractivity contribution in [2.24, 2.45) is 40.5 Å². The van der Waals surface area contributed by atoms with Crippen LogP contribution in [0.15, 0.2) is 93.6 Å². The Kier molecular flexibility index (Phi) is 5.80. The van der Waals surface area contributed by atoms with E-state index in [0.717, 1.165) is 17.4 Å². The van der Waals surface area contributed by atoms with Crippen molar-refractivity contribution in [3.8, 4) is 16.8 Å². The Morgan fingerprint density at radius 3 is 1.87 bits per heavy atom. The molecule has 0 aliphatic heterocycles. The molecule has 6 heteroatoms. The lowest BCUT2D eigenvalue weighted by molar-refractivity contribution is -0.0552. The van der Waals surface area contributed by atoms with Crippen LogP contribution in [0.5, 0.6) is 0 Å². The maximum atomic E-state index is 13.9. The molecule has 6 aliphatic rings. The maximum Gasteiger partial charge on any atom is 0.289 e. The van der Waals surface area contributed by atoms with Crippen molar-refractivity contribution < 1.29 is 0 Å². The topological polar surface area (TPSA) is 82.4 Å². The monoisotopic (exact) mass is 518 g/mol. The normalized spacial score (nSPS) is 26.7. The van der Waals surface area contributed by atoms with Crippen molar-refractivity contribution in [1.82, 2.24) is 9.13 Å². The van der Waals surface area contributed by atoms with Crippen molar-refractivity contribution in [2.45, 2.75) is 45.1 Å². The van der Waals surface area contributed by atoms with Crippen molar-refractivity contribution in [1.29, 1.82) is 0 Å². The second kappa shape index (κ2) is 9.37. The molecule has 0 radical (unpaired) electrons. The third kappa shape index (κ3) is 4.05. The van der Waals surface area contributed by atoms with E-state index in [1.54, 1.807) is 4.57 Å². The summed E-state index contributed by atoms with van der Waals surface area (Å²) >= 11 is 0. The molecular formula is C33H34N4O2. The summed E-state index contributed by atoms with van der Waals surface area (Å²) in [5.74, 6) is 9.14. The van der Waals surface area contributed by atoms with Crippen LogP contribution in [0.2, 0.25) is 0 Å². The minimum Gasteiger partial charge on any atom is -0.322 e. The van der Waals surface area contributed by atoms with Crippen LogP contribution in [0.25, 0.3) is 27.8 Å². The van der Waals surface area contributed by atoms with E-state index in [2.05, 4.69) is 36.3 Å². The Morgan fingerprint density at radius 1 is 0.744 bits per heavy atom. The Morgan fingerprint density at radius 2 is 1.33 bits per heavy atom. The summed E-state index contributed by atoms with van der Waals surface area (Å²) in [7, 11) is 0. The van der Waals surface area contributed by atoms with Gasteiger partial charge < -0.3 is 10.4 Å². The zero-order valence-electron chi connectivity index (χ0n) is 22.2. The van der Waals surface area contributed by atoms with Crippen LogP contribution in [-0.2, 0) is 0 Å². The summed E-state index contributed by atoms with van der Waals surface area (Å²) in [6.07, 6.45) is 6.50. The molecule has 1 heterocycles. The first-order chi connectivity index (χ1) is 19.0. The van der Waals surface area contributed by atoms with E-state index in [9.17, 15) is 9.59 Å². The Hall–Kier alpha value is -3.93. The number of rotatable bonds is 3. The lowest BCUT2D eigenvalue weighted by atomic mass is 9.50. The molecule has 4 bridgehead atoms. The molecule has 3 aromatic rings. The number of nitrogens with two attached hydrogens (primary N) is 1. The molecule has 198 valence electrons. The number of fused-ring (bicyclic) bond motifs is 2. The molecule has 9 rings (SSSR count). The Labute approximate surface area is 227 Å². The molecule has 4 fully saturated rings. The van der Waals surface area contributed by atoms with Crippen molar-refractivity contribution in [3.05, 3.63) is 105 Å². The fourth-order valence-electron chi connectivity index (χ4n) is 8.34. The predicted octanol–water partition coefficient (Wildman–Crippen LogP) is 5.23. The van der Waals surface area contributed by atoms with E-state index in [0.29, 0.717) is 29.0 Å². The minimum atomic E-state index is -0.485. The van der Waals surface area contributed by atoms with Gasteiger partial charge in [-0.1, -0.05) is 48.5 Å². The van der Waals surface area contributed by atoms with Crippen molar-refractivity contribution in [3.63, 3.8) is 0 Å². The van der Waals surface area contributed by atoms with Crippen LogP contribution < -0.4 is 22.3 Å². The summed E-state index contributed by atoms with van der Waals surface area (Å²) in [6, 6.07) is 25.5. The van der Waals surface area contributed by atoms with E-state index < -0.39 is 11.1 Å². The first kappa shape index (κ1) is 24.1. The number of aromatic nitrogens is 2. The molecule has 4 saturated carbocycles.